The molecule has 0 spiro atoms. The molecule has 0 aliphatic rings. The molecule has 0 N–H and O–H groups in total. The summed E-state index contributed by atoms with van der Waals surface area (Å²) in [4.78, 5) is 0. The van der Waals surface area contributed by atoms with E-state index in [1.807, 2.05) is 30.3 Å². The highest BCUT2D eigenvalue weighted by Gasteiger charge is 2.06. The Balaban J connectivity index is 1.83. The van der Waals surface area contributed by atoms with Crippen LogP contribution in [0.25, 0.3) is 16.5 Å². The van der Waals surface area contributed by atoms with Crippen LogP contribution in [-0.4, -0.2) is 0 Å². The summed E-state index contributed by atoms with van der Waals surface area (Å²) >= 11 is 0. The van der Waals surface area contributed by atoms with Gasteiger partial charge in [0.1, 0.15) is 12.4 Å². The zero-order valence-corrected chi connectivity index (χ0v) is 12.2. The van der Waals surface area contributed by atoms with Gasteiger partial charge in [-0.3, -0.25) is 0 Å². The quantitative estimate of drug-likeness (QED) is 0.584. The van der Waals surface area contributed by atoms with Crippen LogP contribution in [0.3, 0.4) is 0 Å². The summed E-state index contributed by atoms with van der Waals surface area (Å²) in [7, 11) is 0. The van der Waals surface area contributed by atoms with Crippen molar-refractivity contribution in [3.05, 3.63) is 90.0 Å². The van der Waals surface area contributed by atoms with E-state index in [0.29, 0.717) is 6.61 Å². The van der Waals surface area contributed by atoms with Gasteiger partial charge in [-0.1, -0.05) is 73.3 Å². The number of aryl methyl sites for hydroxylation is 1. The van der Waals surface area contributed by atoms with Gasteiger partial charge in [0.25, 0.3) is 0 Å². The van der Waals surface area contributed by atoms with Crippen LogP contribution >= 0.6 is 0 Å². The summed E-state index contributed by atoms with van der Waals surface area (Å²) in [6, 6.07) is 22.8. The van der Waals surface area contributed by atoms with E-state index < -0.39 is 0 Å². The number of fused-ring (bicyclic) bond motifs is 1. The smallest absolute Gasteiger partial charge is 0.120 e. The maximum atomic E-state index is 5.91. The van der Waals surface area contributed by atoms with E-state index in [1.54, 1.807) is 0 Å². The Kier molecular flexibility index (Phi) is 3.74. The number of rotatable bonds is 4. The van der Waals surface area contributed by atoms with Crippen molar-refractivity contribution in [2.75, 3.05) is 0 Å². The fourth-order valence-corrected chi connectivity index (χ4v) is 2.48. The fraction of sp³-hybridized carbons (Fsp3) is 0.100. The van der Waals surface area contributed by atoms with E-state index in [2.05, 4.69) is 49.9 Å². The maximum absolute atomic E-state index is 5.91. The van der Waals surface area contributed by atoms with Gasteiger partial charge in [-0.25, -0.2) is 0 Å². The van der Waals surface area contributed by atoms with Gasteiger partial charge >= 0.3 is 0 Å². The Hall–Kier alpha value is -2.54. The Morgan fingerprint density at radius 3 is 2.48 bits per heavy atom. The van der Waals surface area contributed by atoms with Gasteiger partial charge in [0.2, 0.25) is 0 Å². The third kappa shape index (κ3) is 2.82. The number of ether oxygens (including phenoxy) is 1. The van der Waals surface area contributed by atoms with Gasteiger partial charge in [0.15, 0.2) is 0 Å². The Morgan fingerprint density at radius 2 is 1.62 bits per heavy atom. The van der Waals surface area contributed by atoms with Crippen molar-refractivity contribution in [3.63, 3.8) is 0 Å². The zero-order valence-electron chi connectivity index (χ0n) is 12.2. The Bertz CT molecular complexity index is 781. The average Bonchev–Trinajstić information content (AvgIpc) is 2.53. The van der Waals surface area contributed by atoms with Crippen LogP contribution in [0, 0.1) is 6.92 Å². The number of hydrogen-bond acceptors (Lipinski definition) is 1. The first-order valence-electron chi connectivity index (χ1n) is 7.10. The molecule has 0 aliphatic heterocycles. The van der Waals surface area contributed by atoms with Crippen LogP contribution in [0.15, 0.2) is 73.3 Å². The summed E-state index contributed by atoms with van der Waals surface area (Å²) in [5.41, 5.74) is 3.49. The van der Waals surface area contributed by atoms with Gasteiger partial charge < -0.3 is 4.74 Å². The number of hydrogen-bond donors (Lipinski definition) is 0. The molecule has 0 aromatic heterocycles. The predicted octanol–water partition coefficient (Wildman–Crippen LogP) is 5.34. The Labute approximate surface area is 125 Å². The minimum atomic E-state index is 0.550. The first kappa shape index (κ1) is 13.4. The zero-order chi connectivity index (χ0) is 14.7. The van der Waals surface area contributed by atoms with Crippen molar-refractivity contribution in [2.24, 2.45) is 0 Å². The maximum Gasteiger partial charge on any atom is 0.120 e. The molecule has 0 atom stereocenters. The molecule has 0 saturated heterocycles. The molecule has 1 heteroatoms. The third-order valence-electron chi connectivity index (χ3n) is 3.75. The van der Waals surface area contributed by atoms with Crippen LogP contribution in [0.2, 0.25) is 0 Å². The Morgan fingerprint density at radius 1 is 0.905 bits per heavy atom. The first-order valence-corrected chi connectivity index (χ1v) is 7.10. The molecule has 21 heavy (non-hydrogen) atoms. The van der Waals surface area contributed by atoms with Crippen LogP contribution in [-0.2, 0) is 11.3 Å². The summed E-state index contributed by atoms with van der Waals surface area (Å²) in [5.74, 6) is 0.718. The average molecular weight is 274 g/mol. The summed E-state index contributed by atoms with van der Waals surface area (Å²) in [6.45, 7) is 6.74. The lowest BCUT2D eigenvalue weighted by atomic mass is 10.0. The second-order valence-electron chi connectivity index (χ2n) is 5.17. The van der Waals surface area contributed by atoms with Gasteiger partial charge in [-0.15, -0.1) is 0 Å². The summed E-state index contributed by atoms with van der Waals surface area (Å²) in [5, 5.41) is 2.38. The van der Waals surface area contributed by atoms with Crippen molar-refractivity contribution in [1.29, 1.82) is 0 Å². The third-order valence-corrected chi connectivity index (χ3v) is 3.75. The second-order valence-corrected chi connectivity index (χ2v) is 5.17. The molecule has 0 radical (unpaired) electrons. The van der Waals surface area contributed by atoms with Crippen molar-refractivity contribution in [3.8, 4) is 0 Å². The fourth-order valence-electron chi connectivity index (χ4n) is 2.48. The molecule has 0 saturated carbocycles. The minimum Gasteiger partial charge on any atom is -0.489 e. The molecule has 0 fully saturated rings. The topological polar surface area (TPSA) is 9.23 Å². The van der Waals surface area contributed by atoms with Crippen molar-refractivity contribution in [1.82, 2.24) is 0 Å². The summed E-state index contributed by atoms with van der Waals surface area (Å²) in [6.07, 6.45) is 0. The lowest BCUT2D eigenvalue weighted by molar-refractivity contribution is 0.265. The van der Waals surface area contributed by atoms with Gasteiger partial charge in [0.05, 0.1) is 0 Å². The van der Waals surface area contributed by atoms with Crippen LogP contribution in [0.4, 0.5) is 0 Å². The van der Waals surface area contributed by atoms with Crippen LogP contribution in [0.1, 0.15) is 16.7 Å². The molecule has 0 amide bonds. The summed E-state index contributed by atoms with van der Waals surface area (Å²) < 4.78 is 5.91. The largest absolute Gasteiger partial charge is 0.489 e. The molecule has 0 aliphatic carbocycles. The molecular weight excluding hydrogens is 256 g/mol. The lowest BCUT2D eigenvalue weighted by Gasteiger charge is -2.13. The van der Waals surface area contributed by atoms with Gasteiger partial charge in [-0.05, 0) is 28.8 Å². The van der Waals surface area contributed by atoms with Crippen molar-refractivity contribution in [2.45, 2.75) is 13.5 Å². The highest BCUT2D eigenvalue weighted by molar-refractivity contribution is 5.92. The highest BCUT2D eigenvalue weighted by atomic mass is 16.5. The molecule has 1 nitrogen and oxygen atoms in total. The normalized spacial score (nSPS) is 10.5. The van der Waals surface area contributed by atoms with Gasteiger partial charge in [0, 0.05) is 5.56 Å². The molecule has 3 aromatic carbocycles. The minimum absolute atomic E-state index is 0.550. The van der Waals surface area contributed by atoms with Crippen molar-refractivity contribution >= 4 is 16.5 Å². The molecule has 0 heterocycles. The standard InChI is InChI=1S/C20H18O/c1-15-8-3-4-10-18(15)14-21-16(2)19-13-7-11-17-9-5-6-12-20(17)19/h3-13H,2,14H2,1H3. The van der Waals surface area contributed by atoms with E-state index >= 15 is 0 Å². The van der Waals surface area contributed by atoms with E-state index in [-0.39, 0.29) is 0 Å². The molecule has 0 unspecified atom stereocenters. The van der Waals surface area contributed by atoms with Crippen LogP contribution in [0.5, 0.6) is 0 Å². The highest BCUT2D eigenvalue weighted by Crippen LogP contribution is 2.25. The SMILES string of the molecule is C=C(OCc1ccccc1C)c1cccc2ccccc12. The number of benzene rings is 3. The monoisotopic (exact) mass is 274 g/mol. The van der Waals surface area contributed by atoms with Crippen molar-refractivity contribution < 1.29 is 4.74 Å². The van der Waals surface area contributed by atoms with Crippen LogP contribution < -0.4 is 0 Å². The molecular formula is C20H18O. The first-order chi connectivity index (χ1) is 10.3. The molecule has 104 valence electrons. The lowest BCUT2D eigenvalue weighted by Crippen LogP contribution is -1.95. The second kappa shape index (κ2) is 5.84. The van der Waals surface area contributed by atoms with Gasteiger partial charge in [-0.2, -0.15) is 0 Å². The van der Waals surface area contributed by atoms with E-state index in [4.69, 9.17) is 4.74 Å². The van der Waals surface area contributed by atoms with E-state index in [9.17, 15) is 0 Å². The molecule has 0 bridgehead atoms. The van der Waals surface area contributed by atoms with E-state index in [1.165, 1.54) is 21.9 Å². The predicted molar refractivity (Wildman–Crippen MR) is 89.0 cm³/mol. The van der Waals surface area contributed by atoms with E-state index in [0.717, 1.165) is 11.3 Å². The molecule has 3 rings (SSSR count). The molecule has 3 aromatic rings.